The molecule has 0 saturated carbocycles. The minimum Gasteiger partial charge on any atom is -0.457 e. The largest absolute Gasteiger partial charge is 0.457 e. The van der Waals surface area contributed by atoms with E-state index in [1.165, 1.54) is 24.3 Å². The first-order valence-electron chi connectivity index (χ1n) is 15.6. The highest BCUT2D eigenvalue weighted by molar-refractivity contribution is 5.44. The molecule has 0 fully saturated rings. The van der Waals surface area contributed by atoms with Crippen molar-refractivity contribution in [1.82, 2.24) is 0 Å². The summed E-state index contributed by atoms with van der Waals surface area (Å²) in [7, 11) is 0. The van der Waals surface area contributed by atoms with Gasteiger partial charge in [0.1, 0.15) is 80.6 Å². The summed E-state index contributed by atoms with van der Waals surface area (Å²) < 4.78 is 62.6. The van der Waals surface area contributed by atoms with Crippen LogP contribution in [0, 0.1) is 11.6 Å². The minimum atomic E-state index is -0.371. The molecular weight excluding hydrogens is 638 g/mol. The Morgan fingerprint density at radius 1 is 0.220 bits per heavy atom. The van der Waals surface area contributed by atoms with Crippen LogP contribution in [0.25, 0.3) is 0 Å². The van der Waals surface area contributed by atoms with Crippen LogP contribution in [-0.2, 0) is 0 Å². The van der Waals surface area contributed by atoms with Crippen LogP contribution >= 0.6 is 0 Å². The monoisotopic (exact) mass is 666 g/mol. The van der Waals surface area contributed by atoms with Crippen molar-refractivity contribution >= 4 is 0 Å². The van der Waals surface area contributed by atoms with Crippen LogP contribution < -0.4 is 28.4 Å². The molecule has 0 unspecified atom stereocenters. The van der Waals surface area contributed by atoms with Crippen molar-refractivity contribution in [1.29, 1.82) is 0 Å². The summed E-state index contributed by atoms with van der Waals surface area (Å²) in [5.41, 5.74) is 0. The normalized spacial score (nSPS) is 10.6. The zero-order valence-electron chi connectivity index (χ0n) is 26.4. The first-order valence-corrected chi connectivity index (χ1v) is 15.6. The van der Waals surface area contributed by atoms with Crippen LogP contribution in [-0.4, -0.2) is 0 Å². The van der Waals surface area contributed by atoms with Gasteiger partial charge < -0.3 is 28.4 Å². The van der Waals surface area contributed by atoms with E-state index in [0.717, 1.165) is 0 Å². The summed E-state index contributed by atoms with van der Waals surface area (Å²) in [5.74, 6) is 5.88. The van der Waals surface area contributed by atoms with Crippen LogP contribution in [0.3, 0.4) is 0 Å². The van der Waals surface area contributed by atoms with Gasteiger partial charge in [-0.3, -0.25) is 0 Å². The van der Waals surface area contributed by atoms with Crippen LogP contribution in [0.15, 0.2) is 170 Å². The molecule has 0 bridgehead atoms. The number of hydrogen-bond donors (Lipinski definition) is 0. The summed E-state index contributed by atoms with van der Waals surface area (Å²) in [4.78, 5) is 0. The van der Waals surface area contributed by atoms with Gasteiger partial charge in [-0.1, -0.05) is 30.3 Å². The Kier molecular flexibility index (Phi) is 9.51. The number of halogens is 2. The Balaban J connectivity index is 0.927. The Bertz CT molecular complexity index is 2050. The van der Waals surface area contributed by atoms with E-state index in [-0.39, 0.29) is 11.6 Å². The second-order valence-electron chi connectivity index (χ2n) is 10.9. The van der Waals surface area contributed by atoms with Crippen molar-refractivity contribution in [3.05, 3.63) is 181 Å². The molecule has 7 rings (SSSR count). The molecule has 0 aliphatic carbocycles. The SMILES string of the molecule is Fc1cccc(Oc2cccc(Oc3ccc(Oc4cccc(Oc5ccc(Oc6cccc(Oc7cccc(F)c7)c6)cc5)c4)cc3)c2)c1. The van der Waals surface area contributed by atoms with E-state index in [1.807, 2.05) is 18.2 Å². The molecule has 0 N–H and O–H groups in total. The molecule has 8 heteroatoms. The molecule has 50 heavy (non-hydrogen) atoms. The lowest BCUT2D eigenvalue weighted by molar-refractivity contribution is 0.449. The maximum absolute atomic E-state index is 13.5. The van der Waals surface area contributed by atoms with Gasteiger partial charge >= 0.3 is 0 Å². The number of hydrogen-bond acceptors (Lipinski definition) is 6. The fraction of sp³-hybridized carbons (Fsp3) is 0. The fourth-order valence-electron chi connectivity index (χ4n) is 4.83. The molecule has 0 radical (unpaired) electrons. The van der Waals surface area contributed by atoms with E-state index in [2.05, 4.69) is 0 Å². The maximum atomic E-state index is 13.5. The second-order valence-corrected chi connectivity index (χ2v) is 10.9. The van der Waals surface area contributed by atoms with Gasteiger partial charge in [-0.25, -0.2) is 8.78 Å². The Morgan fingerprint density at radius 2 is 0.420 bits per heavy atom. The van der Waals surface area contributed by atoms with E-state index in [1.54, 1.807) is 127 Å². The maximum Gasteiger partial charge on any atom is 0.131 e. The lowest BCUT2D eigenvalue weighted by atomic mass is 10.3. The standard InChI is InChI=1S/C42H28F2O6/c43-29-6-1-8-35(24-29)49-41-14-4-12-39(27-41)47-33-20-16-31(17-21-33)45-37-10-3-11-38(26-37)46-32-18-22-34(23-19-32)48-40-13-5-15-42(28-40)50-36-9-2-7-30(44)25-36/h1-28H. The van der Waals surface area contributed by atoms with Crippen molar-refractivity contribution in [2.24, 2.45) is 0 Å². The molecule has 0 aromatic heterocycles. The third-order valence-electron chi connectivity index (χ3n) is 7.07. The van der Waals surface area contributed by atoms with Crippen LogP contribution in [0.1, 0.15) is 0 Å². The highest BCUT2D eigenvalue weighted by atomic mass is 19.1. The predicted molar refractivity (Wildman–Crippen MR) is 185 cm³/mol. The predicted octanol–water partition coefficient (Wildman–Crippen LogP) is 12.7. The van der Waals surface area contributed by atoms with Gasteiger partial charge in [-0.15, -0.1) is 0 Å². The summed E-state index contributed by atoms with van der Waals surface area (Å²) in [5, 5.41) is 0. The molecule has 0 heterocycles. The third kappa shape index (κ3) is 8.76. The summed E-state index contributed by atoms with van der Waals surface area (Å²) in [6.45, 7) is 0. The number of benzene rings is 7. The summed E-state index contributed by atoms with van der Waals surface area (Å²) in [6.07, 6.45) is 0. The Morgan fingerprint density at radius 3 is 0.660 bits per heavy atom. The molecule has 0 aliphatic heterocycles. The van der Waals surface area contributed by atoms with Gasteiger partial charge in [0.05, 0.1) is 0 Å². The van der Waals surface area contributed by atoms with Gasteiger partial charge in [0, 0.05) is 30.3 Å². The number of ether oxygens (including phenoxy) is 6. The Labute approximate surface area is 287 Å². The van der Waals surface area contributed by atoms with Crippen LogP contribution in [0.5, 0.6) is 69.0 Å². The Hall–Kier alpha value is -6.80. The second kappa shape index (κ2) is 15.0. The van der Waals surface area contributed by atoms with E-state index >= 15 is 0 Å². The van der Waals surface area contributed by atoms with E-state index < -0.39 is 0 Å². The minimum absolute atomic E-state index is 0.371. The highest BCUT2D eigenvalue weighted by Gasteiger charge is 2.07. The van der Waals surface area contributed by atoms with Gasteiger partial charge in [0.15, 0.2) is 0 Å². The van der Waals surface area contributed by atoms with Gasteiger partial charge in [0.25, 0.3) is 0 Å². The quantitative estimate of drug-likeness (QED) is 0.129. The molecule has 7 aromatic carbocycles. The fourth-order valence-corrected chi connectivity index (χ4v) is 4.83. The summed E-state index contributed by atoms with van der Waals surface area (Å²) in [6, 6.07) is 47.8. The van der Waals surface area contributed by atoms with Crippen LogP contribution in [0.2, 0.25) is 0 Å². The third-order valence-corrected chi connectivity index (χ3v) is 7.07. The molecule has 6 nitrogen and oxygen atoms in total. The first-order chi connectivity index (χ1) is 24.5. The van der Waals surface area contributed by atoms with Gasteiger partial charge in [0.2, 0.25) is 0 Å². The molecule has 0 saturated heterocycles. The van der Waals surface area contributed by atoms with Crippen molar-refractivity contribution < 1.29 is 37.2 Å². The molecule has 0 aliphatic rings. The van der Waals surface area contributed by atoms with Crippen molar-refractivity contribution in [2.75, 3.05) is 0 Å². The lowest BCUT2D eigenvalue weighted by Crippen LogP contribution is -1.89. The van der Waals surface area contributed by atoms with Crippen molar-refractivity contribution in [3.8, 4) is 69.0 Å². The van der Waals surface area contributed by atoms with E-state index in [0.29, 0.717) is 69.0 Å². The van der Waals surface area contributed by atoms with Gasteiger partial charge in [-0.2, -0.15) is 0 Å². The molecule has 0 amide bonds. The average molecular weight is 667 g/mol. The smallest absolute Gasteiger partial charge is 0.131 e. The zero-order chi connectivity index (χ0) is 34.1. The van der Waals surface area contributed by atoms with Crippen molar-refractivity contribution in [3.63, 3.8) is 0 Å². The zero-order valence-corrected chi connectivity index (χ0v) is 26.4. The van der Waals surface area contributed by atoms with E-state index in [4.69, 9.17) is 28.4 Å². The molecule has 0 spiro atoms. The molecule has 246 valence electrons. The molecule has 0 atom stereocenters. The van der Waals surface area contributed by atoms with E-state index in [9.17, 15) is 8.78 Å². The first kappa shape index (κ1) is 31.8. The average Bonchev–Trinajstić information content (AvgIpc) is 3.11. The van der Waals surface area contributed by atoms with Crippen LogP contribution in [0.4, 0.5) is 8.78 Å². The number of rotatable bonds is 12. The topological polar surface area (TPSA) is 55.4 Å². The van der Waals surface area contributed by atoms with Crippen molar-refractivity contribution in [2.45, 2.75) is 0 Å². The molecule has 7 aromatic rings. The highest BCUT2D eigenvalue weighted by Crippen LogP contribution is 2.34. The summed E-state index contributed by atoms with van der Waals surface area (Å²) >= 11 is 0. The molecular formula is C42H28F2O6. The lowest BCUT2D eigenvalue weighted by Gasteiger charge is -2.12. The van der Waals surface area contributed by atoms with Gasteiger partial charge in [-0.05, 0) is 109 Å².